The number of carbonyl (C=O) groups excluding carboxylic acids is 1. The first-order valence-corrected chi connectivity index (χ1v) is 10.3. The smallest absolute Gasteiger partial charge is 0.338 e. The Kier molecular flexibility index (Phi) is 5.04. The Balaban J connectivity index is 1.87. The van der Waals surface area contributed by atoms with Gasteiger partial charge in [0.2, 0.25) is 0 Å². The van der Waals surface area contributed by atoms with Crippen LogP contribution in [0.1, 0.15) is 69.1 Å². The van der Waals surface area contributed by atoms with Gasteiger partial charge >= 0.3 is 5.97 Å². The van der Waals surface area contributed by atoms with Gasteiger partial charge in [-0.3, -0.25) is 0 Å². The van der Waals surface area contributed by atoms with Crippen LogP contribution in [0.5, 0.6) is 0 Å². The van der Waals surface area contributed by atoms with E-state index in [-0.39, 0.29) is 5.97 Å². The molecule has 0 aromatic carbocycles. The highest BCUT2D eigenvalue weighted by molar-refractivity contribution is 7.11. The molecule has 1 heterocycles. The second kappa shape index (κ2) is 6.84. The van der Waals surface area contributed by atoms with Gasteiger partial charge < -0.3 is 4.74 Å². The molecule has 1 saturated carbocycles. The summed E-state index contributed by atoms with van der Waals surface area (Å²) in [5.74, 6) is 0.347. The molecular formula is C23H30O2S. The molecule has 2 aliphatic carbocycles. The van der Waals surface area contributed by atoms with E-state index in [1.54, 1.807) is 16.9 Å². The highest BCUT2D eigenvalue weighted by Gasteiger charge is 2.44. The molecule has 0 amide bonds. The first-order valence-electron chi connectivity index (χ1n) is 9.41. The van der Waals surface area contributed by atoms with Crippen molar-refractivity contribution in [2.45, 2.75) is 53.9 Å². The lowest BCUT2D eigenvalue weighted by atomic mass is 9.55. The minimum absolute atomic E-state index is 0.268. The molecule has 1 aromatic heterocycles. The van der Waals surface area contributed by atoms with E-state index in [1.165, 1.54) is 31.1 Å². The molecule has 1 aromatic rings. The van der Waals surface area contributed by atoms with Crippen molar-refractivity contribution in [3.05, 3.63) is 51.3 Å². The number of thiophene rings is 1. The van der Waals surface area contributed by atoms with Gasteiger partial charge in [-0.25, -0.2) is 4.79 Å². The number of esters is 1. The van der Waals surface area contributed by atoms with Crippen molar-refractivity contribution in [2.24, 2.45) is 16.7 Å². The maximum absolute atomic E-state index is 11.7. The van der Waals surface area contributed by atoms with Crippen LogP contribution in [-0.2, 0) is 4.74 Å². The molecule has 0 aliphatic heterocycles. The number of ether oxygens (including phenoxy) is 1. The van der Waals surface area contributed by atoms with E-state index < -0.39 is 0 Å². The summed E-state index contributed by atoms with van der Waals surface area (Å²) in [4.78, 5) is 12.8. The van der Waals surface area contributed by atoms with E-state index in [0.717, 1.165) is 11.3 Å². The van der Waals surface area contributed by atoms with Crippen molar-refractivity contribution < 1.29 is 9.53 Å². The summed E-state index contributed by atoms with van der Waals surface area (Å²) in [6.07, 6.45) is 10.6. The summed E-state index contributed by atoms with van der Waals surface area (Å²) in [5.41, 5.74) is 5.51. The Morgan fingerprint density at radius 3 is 2.65 bits per heavy atom. The molecule has 140 valence electrons. The van der Waals surface area contributed by atoms with Gasteiger partial charge in [0.05, 0.1) is 12.7 Å². The molecule has 2 nitrogen and oxygen atoms in total. The van der Waals surface area contributed by atoms with E-state index >= 15 is 0 Å². The van der Waals surface area contributed by atoms with Crippen molar-refractivity contribution in [3.63, 3.8) is 0 Å². The van der Waals surface area contributed by atoms with Crippen molar-refractivity contribution in [2.75, 3.05) is 7.11 Å². The Hall–Kier alpha value is -1.61. The van der Waals surface area contributed by atoms with Crippen LogP contribution in [0.4, 0.5) is 0 Å². The van der Waals surface area contributed by atoms with Gasteiger partial charge in [0.15, 0.2) is 0 Å². The quantitative estimate of drug-likeness (QED) is 0.556. The Morgan fingerprint density at radius 1 is 1.23 bits per heavy atom. The van der Waals surface area contributed by atoms with Gasteiger partial charge in [-0.05, 0) is 60.1 Å². The highest BCUT2D eigenvalue weighted by atomic mass is 32.1. The molecule has 1 fully saturated rings. The number of hydrogen-bond acceptors (Lipinski definition) is 3. The van der Waals surface area contributed by atoms with Crippen LogP contribution in [0.3, 0.4) is 0 Å². The van der Waals surface area contributed by atoms with Crippen molar-refractivity contribution >= 4 is 22.9 Å². The van der Waals surface area contributed by atoms with Gasteiger partial charge in [-0.1, -0.05) is 51.5 Å². The van der Waals surface area contributed by atoms with Crippen LogP contribution in [-0.4, -0.2) is 13.1 Å². The minimum Gasteiger partial charge on any atom is -0.465 e. The lowest BCUT2D eigenvalue weighted by Gasteiger charge is -2.50. The van der Waals surface area contributed by atoms with E-state index in [9.17, 15) is 4.79 Å². The highest BCUT2D eigenvalue weighted by Crippen LogP contribution is 2.55. The summed E-state index contributed by atoms with van der Waals surface area (Å²) in [7, 11) is 1.42. The third-order valence-electron chi connectivity index (χ3n) is 6.22. The van der Waals surface area contributed by atoms with Crippen LogP contribution in [0, 0.1) is 16.7 Å². The molecular weight excluding hydrogens is 340 g/mol. The first kappa shape index (κ1) is 19.2. The monoisotopic (exact) mass is 370 g/mol. The third-order valence-corrected chi connectivity index (χ3v) is 7.29. The third kappa shape index (κ3) is 3.59. The lowest BCUT2D eigenvalue weighted by Crippen LogP contribution is -2.39. The average molecular weight is 371 g/mol. The summed E-state index contributed by atoms with van der Waals surface area (Å²) >= 11 is 1.60. The van der Waals surface area contributed by atoms with E-state index in [4.69, 9.17) is 4.74 Å². The minimum atomic E-state index is -0.268. The number of methoxy groups -OCH3 is 1. The molecule has 3 rings (SSSR count). The fourth-order valence-electron chi connectivity index (χ4n) is 4.30. The largest absolute Gasteiger partial charge is 0.465 e. The SMILES string of the molecule is COC(=O)c1csc(/C(C)=C/C2=CC=C3C(C2)C(C)(C)CCC3(C)C)c1. The van der Waals surface area contributed by atoms with Gasteiger partial charge in [0.25, 0.3) is 0 Å². The van der Waals surface area contributed by atoms with Crippen LogP contribution in [0.15, 0.2) is 40.8 Å². The normalized spacial score (nSPS) is 24.4. The van der Waals surface area contributed by atoms with E-state index in [1.807, 2.05) is 11.4 Å². The fourth-order valence-corrected chi connectivity index (χ4v) is 5.16. The number of rotatable bonds is 3. The van der Waals surface area contributed by atoms with E-state index in [0.29, 0.717) is 22.3 Å². The number of allylic oxidation sites excluding steroid dienone is 6. The zero-order chi connectivity index (χ0) is 19.1. The summed E-state index contributed by atoms with van der Waals surface area (Å²) in [5, 5.41) is 1.87. The molecule has 3 heteroatoms. The van der Waals surface area contributed by atoms with Gasteiger partial charge in [-0.2, -0.15) is 0 Å². The van der Waals surface area contributed by atoms with Crippen LogP contribution in [0.2, 0.25) is 0 Å². The lowest BCUT2D eigenvalue weighted by molar-refractivity contribution is 0.0601. The molecule has 26 heavy (non-hydrogen) atoms. The van der Waals surface area contributed by atoms with Crippen molar-refractivity contribution in [3.8, 4) is 0 Å². The predicted octanol–water partition coefficient (Wildman–Crippen LogP) is 6.66. The zero-order valence-corrected chi connectivity index (χ0v) is 17.6. The molecule has 1 atom stereocenters. The molecule has 1 unspecified atom stereocenters. The van der Waals surface area contributed by atoms with Gasteiger partial charge in [0, 0.05) is 10.3 Å². The van der Waals surface area contributed by atoms with Crippen LogP contribution < -0.4 is 0 Å². The molecule has 2 aliphatic rings. The number of fused-ring (bicyclic) bond motifs is 1. The van der Waals surface area contributed by atoms with Gasteiger partial charge in [-0.15, -0.1) is 11.3 Å². The fraction of sp³-hybridized carbons (Fsp3) is 0.522. The van der Waals surface area contributed by atoms with Crippen LogP contribution in [0.25, 0.3) is 5.57 Å². The van der Waals surface area contributed by atoms with Crippen molar-refractivity contribution in [1.82, 2.24) is 0 Å². The maximum Gasteiger partial charge on any atom is 0.338 e. The maximum atomic E-state index is 11.7. The molecule has 0 spiro atoms. The summed E-state index contributed by atoms with van der Waals surface area (Å²) in [6.45, 7) is 11.7. The average Bonchev–Trinajstić information content (AvgIpc) is 3.08. The van der Waals surface area contributed by atoms with Crippen LogP contribution >= 0.6 is 11.3 Å². The zero-order valence-electron chi connectivity index (χ0n) is 16.8. The summed E-state index contributed by atoms with van der Waals surface area (Å²) < 4.78 is 4.81. The standard InChI is InChI=1S/C23H30O2S/c1-15(20-13-17(14-26-20)21(24)25-6)11-16-7-8-18-19(12-16)23(4,5)10-9-22(18,2)3/h7-8,11,13-14,19H,9-10,12H2,1-6H3/b15-11+. The second-order valence-electron chi connectivity index (χ2n) is 9.01. The second-order valence-corrected chi connectivity index (χ2v) is 9.92. The number of hydrogen-bond donors (Lipinski definition) is 0. The van der Waals surface area contributed by atoms with E-state index in [2.05, 4.69) is 52.8 Å². The molecule has 0 radical (unpaired) electrons. The Bertz CT molecular complexity index is 802. The summed E-state index contributed by atoms with van der Waals surface area (Å²) in [6, 6.07) is 1.93. The van der Waals surface area contributed by atoms with Crippen molar-refractivity contribution in [1.29, 1.82) is 0 Å². The first-order chi connectivity index (χ1) is 12.1. The molecule has 0 saturated heterocycles. The molecule has 0 N–H and O–H groups in total. The van der Waals surface area contributed by atoms with Gasteiger partial charge in [0.1, 0.15) is 0 Å². The topological polar surface area (TPSA) is 26.3 Å². The molecule has 0 bridgehead atoms. The number of carbonyl (C=O) groups is 1. The Morgan fingerprint density at radius 2 is 1.96 bits per heavy atom. The predicted molar refractivity (Wildman–Crippen MR) is 110 cm³/mol. The Labute approximate surface area is 161 Å².